The topological polar surface area (TPSA) is 70.8 Å². The number of nitrogens with zero attached hydrogens (tertiary/aromatic N) is 1. The monoisotopic (exact) mass is 423 g/mol. The second-order valence-corrected chi connectivity index (χ2v) is 14.1. The lowest BCUT2D eigenvalue weighted by Crippen LogP contribution is -2.45. The quantitative estimate of drug-likeness (QED) is 0.271. The van der Waals surface area contributed by atoms with Gasteiger partial charge in [0.05, 0.1) is 12.7 Å². The van der Waals surface area contributed by atoms with Crippen molar-refractivity contribution in [2.75, 3.05) is 13.2 Å². The molecule has 0 aliphatic heterocycles. The summed E-state index contributed by atoms with van der Waals surface area (Å²) < 4.78 is 23.4. The van der Waals surface area contributed by atoms with Crippen LogP contribution in [0.25, 0.3) is 0 Å². The van der Waals surface area contributed by atoms with Crippen LogP contribution in [0.1, 0.15) is 69.5 Å². The molecule has 1 heterocycles. The van der Waals surface area contributed by atoms with Gasteiger partial charge in [0.1, 0.15) is 12.7 Å². The van der Waals surface area contributed by atoms with E-state index in [1.165, 1.54) is 0 Å². The molecule has 0 aliphatic rings. The maximum atomic E-state index is 12.3. The normalized spacial score (nSPS) is 14.4. The van der Waals surface area contributed by atoms with Crippen LogP contribution in [0.4, 0.5) is 0 Å². The van der Waals surface area contributed by atoms with Crippen LogP contribution in [-0.2, 0) is 13.9 Å². The maximum absolute atomic E-state index is 12.3. The van der Waals surface area contributed by atoms with E-state index in [4.69, 9.17) is 18.4 Å². The van der Waals surface area contributed by atoms with Crippen LogP contribution in [0.15, 0.2) is 28.8 Å². The molecule has 164 valence electrons. The van der Waals surface area contributed by atoms with Gasteiger partial charge < -0.3 is 18.4 Å². The van der Waals surface area contributed by atoms with Crippen LogP contribution in [0.3, 0.4) is 0 Å². The molecule has 1 aromatic heterocycles. The fourth-order valence-electron chi connectivity index (χ4n) is 2.42. The summed E-state index contributed by atoms with van der Waals surface area (Å²) in [6, 6.07) is 0. The first-order valence-corrected chi connectivity index (χ1v) is 12.8. The van der Waals surface area contributed by atoms with Gasteiger partial charge in [-0.25, -0.2) is 4.79 Å². The standard InChI is InChI=1S/C22H37NO5Si/c1-14(2)12-25-20(17(6)28-29(10,11)22(7,8)9)19-16(5)18(23-27-19)21(24)26-13-15(3)4/h17,20H,1,3,12-13H2,2,4-11H3/t17-,20+/m0/s1. The van der Waals surface area contributed by atoms with Crippen molar-refractivity contribution < 1.29 is 23.2 Å². The highest BCUT2D eigenvalue weighted by Crippen LogP contribution is 2.40. The highest BCUT2D eigenvalue weighted by atomic mass is 28.4. The van der Waals surface area contributed by atoms with Gasteiger partial charge in [-0.1, -0.05) is 44.7 Å². The average molecular weight is 424 g/mol. The van der Waals surface area contributed by atoms with Gasteiger partial charge in [0.15, 0.2) is 19.8 Å². The molecule has 0 radical (unpaired) electrons. The third-order valence-corrected chi connectivity index (χ3v) is 9.66. The minimum atomic E-state index is -2.04. The summed E-state index contributed by atoms with van der Waals surface area (Å²) in [5.41, 5.74) is 2.37. The third kappa shape index (κ3) is 6.94. The molecule has 1 aromatic rings. The Hall–Kier alpha value is -1.70. The number of carbonyl (C=O) groups excluding carboxylic acids is 1. The zero-order valence-electron chi connectivity index (χ0n) is 19.5. The summed E-state index contributed by atoms with van der Waals surface area (Å²) in [7, 11) is -2.04. The lowest BCUT2D eigenvalue weighted by molar-refractivity contribution is -0.0308. The van der Waals surface area contributed by atoms with Crippen molar-refractivity contribution in [3.8, 4) is 0 Å². The van der Waals surface area contributed by atoms with Crippen LogP contribution in [-0.4, -0.2) is 38.8 Å². The molecule has 1 rings (SSSR count). The fourth-order valence-corrected chi connectivity index (χ4v) is 3.83. The summed E-state index contributed by atoms with van der Waals surface area (Å²) in [6.45, 7) is 26.5. The molecular formula is C22H37NO5Si. The second-order valence-electron chi connectivity index (χ2n) is 9.33. The zero-order valence-corrected chi connectivity index (χ0v) is 20.5. The average Bonchev–Trinajstić information content (AvgIpc) is 2.92. The van der Waals surface area contributed by atoms with Gasteiger partial charge >= 0.3 is 5.97 Å². The lowest BCUT2D eigenvalue weighted by atomic mass is 10.1. The Morgan fingerprint density at radius 2 is 1.72 bits per heavy atom. The van der Waals surface area contributed by atoms with Crippen molar-refractivity contribution >= 4 is 14.3 Å². The Bertz CT molecular complexity index is 745. The summed E-state index contributed by atoms with van der Waals surface area (Å²) >= 11 is 0. The molecule has 2 atom stereocenters. The number of carbonyl (C=O) groups is 1. The van der Waals surface area contributed by atoms with Gasteiger partial charge in [-0.2, -0.15) is 0 Å². The van der Waals surface area contributed by atoms with E-state index < -0.39 is 20.4 Å². The van der Waals surface area contributed by atoms with Gasteiger partial charge in [0, 0.05) is 5.56 Å². The number of hydrogen-bond donors (Lipinski definition) is 0. The summed E-state index contributed by atoms with van der Waals surface area (Å²) in [4.78, 5) is 12.3. The molecule has 0 bridgehead atoms. The molecule has 0 amide bonds. The van der Waals surface area contributed by atoms with E-state index in [9.17, 15) is 4.79 Å². The molecule has 0 saturated heterocycles. The minimum absolute atomic E-state index is 0.0497. The Morgan fingerprint density at radius 1 is 1.17 bits per heavy atom. The first-order chi connectivity index (χ1) is 13.2. The number of hydrogen-bond acceptors (Lipinski definition) is 6. The lowest BCUT2D eigenvalue weighted by Gasteiger charge is -2.40. The van der Waals surface area contributed by atoms with E-state index in [-0.39, 0.29) is 23.4 Å². The highest BCUT2D eigenvalue weighted by Gasteiger charge is 2.41. The summed E-state index contributed by atoms with van der Waals surface area (Å²) in [5.74, 6) is -0.0724. The molecule has 0 fully saturated rings. The van der Waals surface area contributed by atoms with E-state index in [0.29, 0.717) is 17.9 Å². The predicted octanol–water partition coefficient (Wildman–Crippen LogP) is 5.76. The maximum Gasteiger partial charge on any atom is 0.361 e. The van der Waals surface area contributed by atoms with Crippen LogP contribution in [0.5, 0.6) is 0 Å². The first kappa shape index (κ1) is 25.3. The van der Waals surface area contributed by atoms with Crippen molar-refractivity contribution in [1.29, 1.82) is 0 Å². The molecule has 0 unspecified atom stereocenters. The van der Waals surface area contributed by atoms with Crippen molar-refractivity contribution in [3.05, 3.63) is 41.3 Å². The highest BCUT2D eigenvalue weighted by molar-refractivity contribution is 6.74. The molecule has 0 aliphatic carbocycles. The van der Waals surface area contributed by atoms with Crippen LogP contribution < -0.4 is 0 Å². The number of ether oxygens (including phenoxy) is 2. The zero-order chi connectivity index (χ0) is 22.6. The molecule has 0 spiro atoms. The van der Waals surface area contributed by atoms with E-state index >= 15 is 0 Å². The fraction of sp³-hybridized carbons (Fsp3) is 0.636. The third-order valence-electron chi connectivity index (χ3n) is 5.08. The smallest absolute Gasteiger partial charge is 0.361 e. The number of aromatic nitrogens is 1. The van der Waals surface area contributed by atoms with Gasteiger partial charge in [-0.15, -0.1) is 0 Å². The molecule has 0 saturated carbocycles. The van der Waals surface area contributed by atoms with E-state index in [1.807, 2.05) is 13.8 Å². The molecule has 6 nitrogen and oxygen atoms in total. The Labute approximate surface area is 176 Å². The minimum Gasteiger partial charge on any atom is -0.456 e. The van der Waals surface area contributed by atoms with Crippen LogP contribution >= 0.6 is 0 Å². The molecule has 0 aromatic carbocycles. The predicted molar refractivity (Wildman–Crippen MR) is 118 cm³/mol. The second kappa shape index (κ2) is 9.87. The molecule has 29 heavy (non-hydrogen) atoms. The van der Waals surface area contributed by atoms with Crippen molar-refractivity contribution in [2.45, 2.75) is 78.8 Å². The SMILES string of the molecule is C=C(C)COC(=O)c1noc([C@H](OCC(=C)C)[C@H](C)O[Si](C)(C)C(C)(C)C)c1C. The molecule has 7 heteroatoms. The van der Waals surface area contributed by atoms with E-state index in [2.05, 4.69) is 52.2 Å². The van der Waals surface area contributed by atoms with Crippen molar-refractivity contribution in [1.82, 2.24) is 5.16 Å². The Balaban J connectivity index is 3.17. The van der Waals surface area contributed by atoms with Gasteiger partial charge in [-0.05, 0) is 51.4 Å². The van der Waals surface area contributed by atoms with E-state index in [1.54, 1.807) is 13.8 Å². The van der Waals surface area contributed by atoms with Gasteiger partial charge in [0.2, 0.25) is 0 Å². The molecular weight excluding hydrogens is 386 g/mol. The van der Waals surface area contributed by atoms with Gasteiger partial charge in [-0.3, -0.25) is 0 Å². The Morgan fingerprint density at radius 3 is 2.21 bits per heavy atom. The Kier molecular flexibility index (Phi) is 8.62. The number of esters is 1. The first-order valence-electron chi connectivity index (χ1n) is 9.89. The van der Waals surface area contributed by atoms with Crippen LogP contribution in [0, 0.1) is 6.92 Å². The summed E-state index contributed by atoms with van der Waals surface area (Å²) in [5, 5.41) is 3.99. The van der Waals surface area contributed by atoms with Gasteiger partial charge in [0.25, 0.3) is 0 Å². The number of rotatable bonds is 10. The molecule has 0 N–H and O–H groups in total. The van der Waals surface area contributed by atoms with Crippen molar-refractivity contribution in [3.63, 3.8) is 0 Å². The largest absolute Gasteiger partial charge is 0.456 e. The van der Waals surface area contributed by atoms with Crippen LogP contribution in [0.2, 0.25) is 18.1 Å². The van der Waals surface area contributed by atoms with Crippen molar-refractivity contribution in [2.24, 2.45) is 0 Å². The van der Waals surface area contributed by atoms with E-state index in [0.717, 1.165) is 11.1 Å². The summed E-state index contributed by atoms with van der Waals surface area (Å²) in [6.07, 6.45) is -0.808.